The Balaban J connectivity index is 3.16. The molecule has 0 saturated heterocycles. The minimum Gasteiger partial charge on any atom is -0.480 e. The Hall–Kier alpha value is -1.93. The predicted molar refractivity (Wildman–Crippen MR) is 84.2 cm³/mol. The highest BCUT2D eigenvalue weighted by molar-refractivity contribution is 7.90. The minimum atomic E-state index is -4.26. The first-order valence-electron chi connectivity index (χ1n) is 6.96. The van der Waals surface area contributed by atoms with E-state index in [0.29, 0.717) is 5.56 Å². The topological polar surface area (TPSA) is 110 Å². The van der Waals surface area contributed by atoms with E-state index >= 15 is 0 Å². The van der Waals surface area contributed by atoms with Gasteiger partial charge in [-0.1, -0.05) is 30.3 Å². The Morgan fingerprint density at radius 1 is 1.17 bits per heavy atom. The second-order valence-electron chi connectivity index (χ2n) is 6.02. The van der Waals surface area contributed by atoms with Crippen molar-refractivity contribution in [3.05, 3.63) is 35.9 Å². The predicted octanol–water partition coefficient (Wildman–Crippen LogP) is 1.46. The molecule has 0 aliphatic carbocycles. The van der Waals surface area contributed by atoms with E-state index in [4.69, 9.17) is 9.84 Å². The van der Waals surface area contributed by atoms with E-state index in [2.05, 4.69) is 4.72 Å². The summed E-state index contributed by atoms with van der Waals surface area (Å²) < 4.78 is 31.6. The number of sulfonamides is 1. The average Bonchev–Trinajstić information content (AvgIpc) is 2.42. The summed E-state index contributed by atoms with van der Waals surface area (Å²) in [6, 6.07) is 6.79. The van der Waals surface area contributed by atoms with Gasteiger partial charge in [-0.05, 0) is 33.3 Å². The quantitative estimate of drug-likeness (QED) is 0.757. The van der Waals surface area contributed by atoms with E-state index in [1.165, 1.54) is 0 Å². The van der Waals surface area contributed by atoms with Crippen LogP contribution in [-0.4, -0.2) is 36.3 Å². The molecule has 0 saturated carbocycles. The molecule has 7 nitrogen and oxygen atoms in total. The summed E-state index contributed by atoms with van der Waals surface area (Å²) in [6.45, 7) is 5.99. The van der Waals surface area contributed by atoms with Gasteiger partial charge in [0.25, 0.3) is 0 Å². The highest BCUT2D eigenvalue weighted by Gasteiger charge is 2.35. The van der Waals surface area contributed by atoms with Crippen LogP contribution in [0.5, 0.6) is 0 Å². The van der Waals surface area contributed by atoms with Gasteiger partial charge in [0.15, 0.2) is 5.25 Å². The molecule has 0 aliphatic rings. The molecule has 1 aromatic carbocycles. The van der Waals surface area contributed by atoms with Gasteiger partial charge in [-0.3, -0.25) is 4.79 Å². The van der Waals surface area contributed by atoms with Gasteiger partial charge >= 0.3 is 11.9 Å². The van der Waals surface area contributed by atoms with Crippen LogP contribution in [0.3, 0.4) is 0 Å². The van der Waals surface area contributed by atoms with E-state index in [1.807, 2.05) is 0 Å². The Morgan fingerprint density at radius 3 is 2.13 bits per heavy atom. The fraction of sp³-hybridized carbons (Fsp3) is 0.467. The average molecular weight is 343 g/mol. The van der Waals surface area contributed by atoms with Crippen molar-refractivity contribution >= 4 is 22.0 Å². The van der Waals surface area contributed by atoms with Crippen molar-refractivity contribution in [2.24, 2.45) is 0 Å². The van der Waals surface area contributed by atoms with Crippen LogP contribution < -0.4 is 4.72 Å². The molecule has 0 fully saturated rings. The number of nitrogens with one attached hydrogen (secondary N) is 1. The molecule has 0 bridgehead atoms. The molecule has 8 heteroatoms. The van der Waals surface area contributed by atoms with E-state index in [1.54, 1.807) is 51.1 Å². The molecular formula is C15H21NO6S. The van der Waals surface area contributed by atoms with Crippen LogP contribution in [0.2, 0.25) is 0 Å². The summed E-state index contributed by atoms with van der Waals surface area (Å²) in [6.07, 6.45) is 0. The summed E-state index contributed by atoms with van der Waals surface area (Å²) in [5, 5.41) is 7.19. The first-order valence-corrected chi connectivity index (χ1v) is 8.50. The number of hydrogen-bond donors (Lipinski definition) is 2. The van der Waals surface area contributed by atoms with Gasteiger partial charge in [0.2, 0.25) is 10.0 Å². The zero-order valence-corrected chi connectivity index (χ0v) is 14.3. The van der Waals surface area contributed by atoms with Crippen molar-refractivity contribution in [3.63, 3.8) is 0 Å². The Kier molecular flexibility index (Phi) is 5.90. The number of carboxylic acids is 1. The number of benzene rings is 1. The lowest BCUT2D eigenvalue weighted by Crippen LogP contribution is -2.43. The lowest BCUT2D eigenvalue weighted by molar-refractivity contribution is -0.157. The van der Waals surface area contributed by atoms with Crippen LogP contribution in [0.4, 0.5) is 0 Å². The zero-order valence-electron chi connectivity index (χ0n) is 13.4. The number of esters is 1. The molecule has 2 N–H and O–H groups in total. The van der Waals surface area contributed by atoms with Crippen molar-refractivity contribution in [1.29, 1.82) is 0 Å². The molecular weight excluding hydrogens is 322 g/mol. The molecule has 2 unspecified atom stereocenters. The molecule has 0 aliphatic heterocycles. The third-order valence-electron chi connectivity index (χ3n) is 2.87. The molecule has 1 aromatic rings. The first kappa shape index (κ1) is 19.1. The van der Waals surface area contributed by atoms with Crippen LogP contribution in [0, 0.1) is 0 Å². The fourth-order valence-corrected chi connectivity index (χ4v) is 2.69. The smallest absolute Gasteiger partial charge is 0.329 e. The number of hydrogen-bond acceptors (Lipinski definition) is 5. The van der Waals surface area contributed by atoms with E-state index in [9.17, 15) is 18.0 Å². The van der Waals surface area contributed by atoms with Crippen LogP contribution in [-0.2, 0) is 24.3 Å². The van der Waals surface area contributed by atoms with Crippen LogP contribution >= 0.6 is 0 Å². The third-order valence-corrected chi connectivity index (χ3v) is 4.57. The van der Waals surface area contributed by atoms with Gasteiger partial charge < -0.3 is 9.84 Å². The van der Waals surface area contributed by atoms with Gasteiger partial charge in [-0.25, -0.2) is 13.2 Å². The lowest BCUT2D eigenvalue weighted by atomic mass is 10.1. The van der Waals surface area contributed by atoms with Crippen molar-refractivity contribution in [3.8, 4) is 0 Å². The van der Waals surface area contributed by atoms with E-state index in [-0.39, 0.29) is 0 Å². The largest absolute Gasteiger partial charge is 0.480 e. The normalized spacial score (nSPS) is 14.8. The van der Waals surface area contributed by atoms with E-state index in [0.717, 1.165) is 6.92 Å². The van der Waals surface area contributed by atoms with Gasteiger partial charge in [-0.2, -0.15) is 4.72 Å². The number of carbonyl (C=O) groups is 2. The molecule has 0 radical (unpaired) electrons. The summed E-state index contributed by atoms with van der Waals surface area (Å²) >= 11 is 0. The molecule has 128 valence electrons. The second-order valence-corrected chi connectivity index (χ2v) is 8.05. The maximum absolute atomic E-state index is 12.3. The number of carbonyl (C=O) groups excluding carboxylic acids is 1. The maximum atomic E-state index is 12.3. The highest BCUT2D eigenvalue weighted by atomic mass is 32.2. The Morgan fingerprint density at radius 2 is 1.70 bits per heavy atom. The van der Waals surface area contributed by atoms with Crippen molar-refractivity contribution < 1.29 is 27.9 Å². The molecule has 1 rings (SSSR count). The summed E-state index contributed by atoms with van der Waals surface area (Å²) in [5.41, 5.74) is -0.448. The maximum Gasteiger partial charge on any atom is 0.329 e. The standard InChI is InChI=1S/C15H21NO6S/c1-10(13(17)18)23(20,21)16-12(11-8-6-5-7-9-11)14(19)22-15(2,3)4/h5-10,12,16H,1-4H3,(H,17,18). The third kappa shape index (κ3) is 5.65. The highest BCUT2D eigenvalue weighted by Crippen LogP contribution is 2.20. The van der Waals surface area contributed by atoms with Gasteiger partial charge in [0, 0.05) is 0 Å². The number of rotatable bonds is 6. The van der Waals surface area contributed by atoms with Crippen LogP contribution in [0.25, 0.3) is 0 Å². The SMILES string of the molecule is CC(C(=O)O)S(=O)(=O)NC(C(=O)OC(C)(C)C)c1ccccc1. The molecule has 0 heterocycles. The molecule has 0 aromatic heterocycles. The van der Waals surface area contributed by atoms with Crippen LogP contribution in [0.15, 0.2) is 30.3 Å². The van der Waals surface area contributed by atoms with Gasteiger partial charge in [0.1, 0.15) is 11.6 Å². The van der Waals surface area contributed by atoms with E-state index < -0.39 is 38.9 Å². The van der Waals surface area contributed by atoms with Crippen molar-refractivity contribution in [1.82, 2.24) is 4.72 Å². The summed E-state index contributed by atoms with van der Waals surface area (Å²) in [4.78, 5) is 23.3. The number of aliphatic carboxylic acids is 1. The Bertz CT molecular complexity index is 663. The molecule has 23 heavy (non-hydrogen) atoms. The fourth-order valence-electron chi connectivity index (χ4n) is 1.66. The molecule has 2 atom stereocenters. The summed E-state index contributed by atoms with van der Waals surface area (Å²) in [7, 11) is -4.26. The molecule has 0 spiro atoms. The second kappa shape index (κ2) is 7.10. The van der Waals surface area contributed by atoms with Crippen molar-refractivity contribution in [2.45, 2.75) is 44.6 Å². The van der Waals surface area contributed by atoms with Gasteiger partial charge in [0.05, 0.1) is 0 Å². The first-order chi connectivity index (χ1) is 10.4. The van der Waals surface area contributed by atoms with Gasteiger partial charge in [-0.15, -0.1) is 0 Å². The zero-order chi connectivity index (χ0) is 17.8. The number of ether oxygens (including phenoxy) is 1. The van der Waals surface area contributed by atoms with Crippen molar-refractivity contribution in [2.75, 3.05) is 0 Å². The lowest BCUT2D eigenvalue weighted by Gasteiger charge is -2.25. The monoisotopic (exact) mass is 343 g/mol. The summed E-state index contributed by atoms with van der Waals surface area (Å²) in [5.74, 6) is -2.31. The minimum absolute atomic E-state index is 0.364. The Labute approximate surface area is 135 Å². The van der Waals surface area contributed by atoms with Crippen LogP contribution in [0.1, 0.15) is 39.3 Å². The molecule has 0 amide bonds. The number of carboxylic acid groups (broad SMARTS) is 1.